The van der Waals surface area contributed by atoms with Gasteiger partial charge in [0.1, 0.15) is 17.3 Å². The number of urea groups is 1. The van der Waals surface area contributed by atoms with Crippen molar-refractivity contribution in [1.29, 1.82) is 0 Å². The topological polar surface area (TPSA) is 88.7 Å². The van der Waals surface area contributed by atoms with Crippen LogP contribution in [0.2, 0.25) is 0 Å². The molecule has 0 bridgehead atoms. The Bertz CT molecular complexity index is 1320. The Morgan fingerprint density at radius 3 is 2.79 bits per heavy atom. The van der Waals surface area contributed by atoms with Crippen LogP contribution in [0.5, 0.6) is 5.75 Å². The molecule has 2 fully saturated rings. The van der Waals surface area contributed by atoms with E-state index in [2.05, 4.69) is 32.3 Å². The SMILES string of the molecule is CC12Cc3c([nH]c4ccc(Br)cc34)C(c3cccc(O)c3)N1C(=O)N(CCCNC1CC1)C2=O. The van der Waals surface area contributed by atoms with Crippen molar-refractivity contribution in [2.24, 2.45) is 0 Å². The van der Waals surface area contributed by atoms with Gasteiger partial charge in [-0.15, -0.1) is 0 Å². The van der Waals surface area contributed by atoms with Gasteiger partial charge in [0.2, 0.25) is 0 Å². The van der Waals surface area contributed by atoms with Crippen molar-refractivity contribution in [3.63, 3.8) is 0 Å². The summed E-state index contributed by atoms with van der Waals surface area (Å²) >= 11 is 3.57. The van der Waals surface area contributed by atoms with E-state index in [0.29, 0.717) is 19.0 Å². The molecule has 8 heteroatoms. The van der Waals surface area contributed by atoms with Crippen molar-refractivity contribution in [2.45, 2.75) is 50.2 Å². The third-order valence-corrected chi connectivity index (χ3v) is 7.88. The first-order valence-electron chi connectivity index (χ1n) is 11.8. The Morgan fingerprint density at radius 1 is 1.21 bits per heavy atom. The zero-order valence-corrected chi connectivity index (χ0v) is 20.6. The number of amides is 3. The molecule has 176 valence electrons. The minimum absolute atomic E-state index is 0.131. The highest BCUT2D eigenvalue weighted by molar-refractivity contribution is 9.10. The number of imide groups is 1. The minimum Gasteiger partial charge on any atom is -0.508 e. The second-order valence-electron chi connectivity index (χ2n) is 9.85. The number of nitrogens with zero attached hydrogens (tertiary/aromatic N) is 2. The molecular weight excluding hydrogens is 496 g/mol. The lowest BCUT2D eigenvalue weighted by Crippen LogP contribution is -2.53. The molecule has 1 saturated carbocycles. The highest BCUT2D eigenvalue weighted by Gasteiger charge is 2.60. The maximum Gasteiger partial charge on any atom is 0.328 e. The summed E-state index contributed by atoms with van der Waals surface area (Å²) in [5, 5.41) is 14.7. The van der Waals surface area contributed by atoms with Gasteiger partial charge in [-0.3, -0.25) is 14.6 Å². The second-order valence-corrected chi connectivity index (χ2v) is 10.8. The molecule has 0 spiro atoms. The molecule has 2 atom stereocenters. The Balaban J connectivity index is 1.44. The van der Waals surface area contributed by atoms with Gasteiger partial charge in [-0.2, -0.15) is 0 Å². The third kappa shape index (κ3) is 3.34. The summed E-state index contributed by atoms with van der Waals surface area (Å²) in [5.74, 6) is -0.0183. The number of nitrogens with one attached hydrogen (secondary N) is 2. The van der Waals surface area contributed by atoms with Gasteiger partial charge in [-0.1, -0.05) is 28.1 Å². The van der Waals surface area contributed by atoms with Crippen LogP contribution >= 0.6 is 15.9 Å². The van der Waals surface area contributed by atoms with Gasteiger partial charge in [-0.05, 0) is 74.2 Å². The smallest absolute Gasteiger partial charge is 0.328 e. The predicted molar refractivity (Wildman–Crippen MR) is 133 cm³/mol. The number of benzene rings is 2. The molecule has 3 aromatic rings. The number of phenolic OH excluding ortho intramolecular Hbond substituents is 1. The van der Waals surface area contributed by atoms with Gasteiger partial charge in [0, 0.05) is 40.1 Å². The first-order chi connectivity index (χ1) is 16.4. The van der Waals surface area contributed by atoms with Gasteiger partial charge in [0.25, 0.3) is 5.91 Å². The standard InChI is InChI=1S/C26H27BrN4O3/c1-26-14-20-19-13-16(27)6-9-21(19)29-22(20)23(15-4-2-5-18(32)12-15)31(26)25(34)30(24(26)33)11-3-10-28-17-7-8-17/h2,4-6,9,12-13,17,23,28-29,32H,3,7-8,10-11,14H2,1H3. The lowest BCUT2D eigenvalue weighted by Gasteiger charge is -2.42. The van der Waals surface area contributed by atoms with E-state index in [-0.39, 0.29) is 17.7 Å². The van der Waals surface area contributed by atoms with Crippen LogP contribution in [-0.2, 0) is 11.2 Å². The molecule has 7 nitrogen and oxygen atoms in total. The molecule has 0 radical (unpaired) electrons. The van der Waals surface area contributed by atoms with Crippen LogP contribution in [0, 0.1) is 0 Å². The number of halogens is 1. The van der Waals surface area contributed by atoms with Crippen LogP contribution in [0.25, 0.3) is 10.9 Å². The maximum atomic E-state index is 13.8. The van der Waals surface area contributed by atoms with Crippen molar-refractivity contribution in [2.75, 3.05) is 13.1 Å². The summed E-state index contributed by atoms with van der Waals surface area (Å²) in [6, 6.07) is 12.9. The van der Waals surface area contributed by atoms with Gasteiger partial charge in [0.05, 0.1) is 0 Å². The fourth-order valence-corrected chi connectivity index (χ4v) is 5.92. The van der Waals surface area contributed by atoms with Crippen molar-refractivity contribution in [3.05, 3.63) is 63.8 Å². The molecule has 2 aromatic carbocycles. The fraction of sp³-hybridized carbons (Fsp3) is 0.385. The molecule has 2 aliphatic heterocycles. The number of hydrogen-bond donors (Lipinski definition) is 3. The number of rotatable bonds is 6. The Kier molecular flexibility index (Phi) is 5.00. The van der Waals surface area contributed by atoms with E-state index in [4.69, 9.17) is 0 Å². The Hall–Kier alpha value is -2.84. The zero-order chi connectivity index (χ0) is 23.6. The van der Waals surface area contributed by atoms with E-state index in [1.807, 2.05) is 25.1 Å². The molecule has 1 aromatic heterocycles. The van der Waals surface area contributed by atoms with Crippen molar-refractivity contribution >= 4 is 38.8 Å². The average Bonchev–Trinajstić information content (AvgIpc) is 3.54. The molecule has 3 heterocycles. The molecule has 2 unspecified atom stereocenters. The average molecular weight is 523 g/mol. The first-order valence-corrected chi connectivity index (χ1v) is 12.6. The van der Waals surface area contributed by atoms with Crippen LogP contribution < -0.4 is 5.32 Å². The third-order valence-electron chi connectivity index (χ3n) is 7.38. The number of phenols is 1. The monoisotopic (exact) mass is 522 g/mol. The number of aromatic hydroxyl groups is 1. The quantitative estimate of drug-likeness (QED) is 0.329. The largest absolute Gasteiger partial charge is 0.508 e. The Morgan fingerprint density at radius 2 is 2.03 bits per heavy atom. The highest BCUT2D eigenvalue weighted by atomic mass is 79.9. The maximum absolute atomic E-state index is 13.8. The van der Waals surface area contributed by atoms with Crippen LogP contribution in [0.4, 0.5) is 4.79 Å². The summed E-state index contributed by atoms with van der Waals surface area (Å²) in [7, 11) is 0. The van der Waals surface area contributed by atoms with E-state index in [9.17, 15) is 14.7 Å². The zero-order valence-electron chi connectivity index (χ0n) is 19.0. The molecule has 3 amide bonds. The molecule has 6 rings (SSSR count). The molecule has 1 saturated heterocycles. The van der Waals surface area contributed by atoms with Crippen LogP contribution in [0.3, 0.4) is 0 Å². The molecule has 1 aliphatic carbocycles. The molecule has 3 N–H and O–H groups in total. The van der Waals surface area contributed by atoms with Gasteiger partial charge in [0.15, 0.2) is 0 Å². The fourth-order valence-electron chi connectivity index (χ4n) is 5.55. The van der Waals surface area contributed by atoms with Gasteiger partial charge in [-0.25, -0.2) is 4.79 Å². The normalized spacial score (nSPS) is 24.1. The van der Waals surface area contributed by atoms with Crippen LogP contribution in [0.15, 0.2) is 46.9 Å². The summed E-state index contributed by atoms with van der Waals surface area (Å²) in [5.41, 5.74) is 2.68. The highest BCUT2D eigenvalue weighted by Crippen LogP contribution is 2.49. The summed E-state index contributed by atoms with van der Waals surface area (Å²) in [6.07, 6.45) is 3.59. The van der Waals surface area contributed by atoms with Crippen molar-refractivity contribution < 1.29 is 14.7 Å². The number of aromatic amines is 1. The lowest BCUT2D eigenvalue weighted by molar-refractivity contribution is -0.133. The van der Waals surface area contributed by atoms with Crippen LogP contribution in [-0.4, -0.2) is 56.5 Å². The Labute approximate surface area is 206 Å². The minimum atomic E-state index is -0.998. The molecular formula is C26H27BrN4O3. The van der Waals surface area contributed by atoms with E-state index in [0.717, 1.165) is 45.2 Å². The first kappa shape index (κ1) is 21.7. The predicted octanol–water partition coefficient (Wildman–Crippen LogP) is 4.45. The van der Waals surface area contributed by atoms with Crippen LogP contribution in [0.1, 0.15) is 49.0 Å². The lowest BCUT2D eigenvalue weighted by atomic mass is 9.81. The number of carbonyl (C=O) groups excluding carboxylic acids is 2. The summed E-state index contributed by atoms with van der Waals surface area (Å²) in [4.78, 5) is 34.2. The molecule has 34 heavy (non-hydrogen) atoms. The number of fused-ring (bicyclic) bond motifs is 4. The number of aromatic nitrogens is 1. The number of hydrogen-bond acceptors (Lipinski definition) is 4. The summed E-state index contributed by atoms with van der Waals surface area (Å²) in [6.45, 7) is 3.08. The van der Waals surface area contributed by atoms with Gasteiger partial charge < -0.3 is 15.4 Å². The summed E-state index contributed by atoms with van der Waals surface area (Å²) < 4.78 is 0.960. The number of H-pyrrole nitrogens is 1. The molecule has 3 aliphatic rings. The number of carbonyl (C=O) groups is 2. The second kappa shape index (κ2) is 7.85. The van der Waals surface area contributed by atoms with Crippen molar-refractivity contribution in [1.82, 2.24) is 20.1 Å². The van der Waals surface area contributed by atoms with Gasteiger partial charge >= 0.3 is 6.03 Å². The van der Waals surface area contributed by atoms with E-state index in [1.54, 1.807) is 23.1 Å². The van der Waals surface area contributed by atoms with E-state index >= 15 is 0 Å². The van der Waals surface area contributed by atoms with Crippen molar-refractivity contribution in [3.8, 4) is 5.75 Å². The van der Waals surface area contributed by atoms with E-state index in [1.165, 1.54) is 17.7 Å². The van der Waals surface area contributed by atoms with E-state index < -0.39 is 11.6 Å².